The van der Waals surface area contributed by atoms with Gasteiger partial charge < -0.3 is 15.0 Å². The van der Waals surface area contributed by atoms with E-state index in [0.717, 1.165) is 12.8 Å². The van der Waals surface area contributed by atoms with Crippen LogP contribution < -0.4 is 5.32 Å². The lowest BCUT2D eigenvalue weighted by atomic mass is 10.0. The number of carbonyl (C=O) groups excluding carboxylic acids is 1. The molecule has 0 aliphatic carbocycles. The second kappa shape index (κ2) is 6.93. The molecule has 0 atom stereocenters. The molecule has 1 fully saturated rings. The number of amides is 1. The van der Waals surface area contributed by atoms with Crippen molar-refractivity contribution in [1.29, 1.82) is 5.26 Å². The molecule has 1 amide bonds. The number of ether oxygens (including phenoxy) is 1. The first-order valence-electron chi connectivity index (χ1n) is 7.02. The summed E-state index contributed by atoms with van der Waals surface area (Å²) in [5.41, 5.74) is 0.693. The predicted octanol–water partition coefficient (Wildman–Crippen LogP) is 2.73. The smallest absolute Gasteiger partial charge is 0.409 e. The van der Waals surface area contributed by atoms with Crippen molar-refractivity contribution in [2.45, 2.75) is 25.8 Å². The number of hydrogen-bond donors (Lipinski definition) is 1. The van der Waals surface area contributed by atoms with Crippen LogP contribution in [-0.2, 0) is 4.74 Å². The number of piperidine rings is 1. The highest BCUT2D eigenvalue weighted by atomic mass is 19.1. The maximum atomic E-state index is 13.8. The Balaban J connectivity index is 1.89. The van der Waals surface area contributed by atoms with Crippen LogP contribution in [0.5, 0.6) is 0 Å². The Hall–Kier alpha value is -2.29. The Morgan fingerprint density at radius 1 is 1.52 bits per heavy atom. The van der Waals surface area contributed by atoms with E-state index in [2.05, 4.69) is 5.32 Å². The third-order valence-electron chi connectivity index (χ3n) is 3.48. The van der Waals surface area contributed by atoms with Crippen LogP contribution in [0.2, 0.25) is 0 Å². The lowest BCUT2D eigenvalue weighted by molar-refractivity contribution is 0.0983. The van der Waals surface area contributed by atoms with E-state index in [0.29, 0.717) is 30.9 Å². The molecule has 1 aliphatic heterocycles. The maximum Gasteiger partial charge on any atom is 0.409 e. The number of anilines is 1. The summed E-state index contributed by atoms with van der Waals surface area (Å²) in [5.74, 6) is -0.429. The zero-order valence-electron chi connectivity index (χ0n) is 11.9. The number of nitrogens with one attached hydrogen (secondary N) is 1. The fraction of sp³-hybridized carbons (Fsp3) is 0.467. The number of hydrogen-bond acceptors (Lipinski definition) is 4. The van der Waals surface area contributed by atoms with Gasteiger partial charge >= 0.3 is 6.09 Å². The number of benzene rings is 1. The van der Waals surface area contributed by atoms with Gasteiger partial charge in [0.1, 0.15) is 5.82 Å². The minimum absolute atomic E-state index is 0.109. The van der Waals surface area contributed by atoms with Gasteiger partial charge in [0.25, 0.3) is 0 Å². The van der Waals surface area contributed by atoms with Gasteiger partial charge in [0.05, 0.1) is 23.9 Å². The molecule has 1 aromatic carbocycles. The number of likely N-dealkylation sites (tertiary alicyclic amines) is 1. The topological polar surface area (TPSA) is 65.4 Å². The molecule has 112 valence electrons. The molecule has 6 heteroatoms. The summed E-state index contributed by atoms with van der Waals surface area (Å²) >= 11 is 0. The Morgan fingerprint density at radius 3 is 2.81 bits per heavy atom. The van der Waals surface area contributed by atoms with Gasteiger partial charge in [-0.25, -0.2) is 9.18 Å². The fourth-order valence-electron chi connectivity index (χ4n) is 2.34. The monoisotopic (exact) mass is 291 g/mol. The molecular weight excluding hydrogens is 273 g/mol. The van der Waals surface area contributed by atoms with E-state index < -0.39 is 5.82 Å². The molecule has 0 bridgehead atoms. The summed E-state index contributed by atoms with van der Waals surface area (Å²) < 4.78 is 18.8. The van der Waals surface area contributed by atoms with Crippen molar-refractivity contribution in [3.05, 3.63) is 29.6 Å². The molecular formula is C15H18FN3O2. The van der Waals surface area contributed by atoms with Crippen molar-refractivity contribution in [2.75, 3.05) is 25.0 Å². The lowest BCUT2D eigenvalue weighted by Crippen LogP contribution is -2.42. The third-order valence-corrected chi connectivity index (χ3v) is 3.48. The molecule has 21 heavy (non-hydrogen) atoms. The molecule has 0 radical (unpaired) electrons. The fourth-order valence-corrected chi connectivity index (χ4v) is 2.34. The number of rotatable bonds is 3. The van der Waals surface area contributed by atoms with Gasteiger partial charge in [0.2, 0.25) is 0 Å². The van der Waals surface area contributed by atoms with Crippen LogP contribution in [0, 0.1) is 17.1 Å². The normalized spacial score (nSPS) is 15.4. The highest BCUT2D eigenvalue weighted by molar-refractivity contribution is 5.67. The molecule has 0 saturated carbocycles. The summed E-state index contributed by atoms with van der Waals surface area (Å²) in [7, 11) is 0. The van der Waals surface area contributed by atoms with Crippen LogP contribution in [0.4, 0.5) is 14.9 Å². The van der Waals surface area contributed by atoms with Crippen LogP contribution in [0.25, 0.3) is 0 Å². The van der Waals surface area contributed by atoms with Crippen molar-refractivity contribution < 1.29 is 13.9 Å². The summed E-state index contributed by atoms with van der Waals surface area (Å²) in [5, 5.41) is 11.8. The molecule has 0 unspecified atom stereocenters. The summed E-state index contributed by atoms with van der Waals surface area (Å²) in [6, 6.07) is 6.39. The SMILES string of the molecule is CCOC(=O)N1CCC(Nc2ccc(C#N)cc2F)CC1. The largest absolute Gasteiger partial charge is 0.450 e. The van der Waals surface area contributed by atoms with E-state index in [4.69, 9.17) is 10.00 Å². The number of nitriles is 1. The molecule has 1 saturated heterocycles. The third kappa shape index (κ3) is 3.85. The second-order valence-electron chi connectivity index (χ2n) is 4.91. The van der Waals surface area contributed by atoms with E-state index in [-0.39, 0.29) is 12.1 Å². The van der Waals surface area contributed by atoms with Gasteiger partial charge in [-0.3, -0.25) is 0 Å². The minimum atomic E-state index is -0.429. The Bertz CT molecular complexity index is 548. The summed E-state index contributed by atoms with van der Waals surface area (Å²) in [6.07, 6.45) is 1.18. The van der Waals surface area contributed by atoms with Crippen LogP contribution in [0.1, 0.15) is 25.3 Å². The Labute approximate surface area is 123 Å². The Kier molecular flexibility index (Phi) is 4.99. The van der Waals surface area contributed by atoms with Crippen molar-refractivity contribution in [3.63, 3.8) is 0 Å². The average Bonchev–Trinajstić information content (AvgIpc) is 2.50. The first-order valence-corrected chi connectivity index (χ1v) is 7.02. The van der Waals surface area contributed by atoms with E-state index in [1.165, 1.54) is 6.07 Å². The Morgan fingerprint density at radius 2 is 2.24 bits per heavy atom. The molecule has 0 spiro atoms. The van der Waals surface area contributed by atoms with Crippen LogP contribution >= 0.6 is 0 Å². The second-order valence-corrected chi connectivity index (χ2v) is 4.91. The average molecular weight is 291 g/mol. The van der Waals surface area contributed by atoms with Gasteiger partial charge in [-0.05, 0) is 38.0 Å². The van der Waals surface area contributed by atoms with Crippen molar-refractivity contribution in [3.8, 4) is 6.07 Å². The zero-order chi connectivity index (χ0) is 15.2. The molecule has 1 heterocycles. The molecule has 1 aliphatic rings. The lowest BCUT2D eigenvalue weighted by Gasteiger charge is -2.32. The van der Waals surface area contributed by atoms with Gasteiger partial charge in [-0.1, -0.05) is 0 Å². The number of carbonyl (C=O) groups is 1. The van der Waals surface area contributed by atoms with Gasteiger partial charge in [-0.2, -0.15) is 5.26 Å². The van der Waals surface area contributed by atoms with Crippen molar-refractivity contribution in [2.24, 2.45) is 0 Å². The molecule has 0 aromatic heterocycles. The van der Waals surface area contributed by atoms with E-state index in [1.807, 2.05) is 6.07 Å². The first kappa shape index (κ1) is 15.1. The molecule has 1 N–H and O–H groups in total. The molecule has 1 aromatic rings. The maximum absolute atomic E-state index is 13.8. The van der Waals surface area contributed by atoms with Gasteiger partial charge in [0, 0.05) is 19.1 Å². The number of halogens is 1. The first-order chi connectivity index (χ1) is 10.1. The quantitative estimate of drug-likeness (QED) is 0.930. The predicted molar refractivity (Wildman–Crippen MR) is 76.4 cm³/mol. The zero-order valence-corrected chi connectivity index (χ0v) is 11.9. The van der Waals surface area contributed by atoms with Crippen molar-refractivity contribution in [1.82, 2.24) is 4.90 Å². The standard InChI is InChI=1S/C15H18FN3O2/c1-2-21-15(20)19-7-5-12(6-8-19)18-14-4-3-11(10-17)9-13(14)16/h3-4,9,12,18H,2,5-8H2,1H3. The van der Waals surface area contributed by atoms with E-state index in [9.17, 15) is 9.18 Å². The van der Waals surface area contributed by atoms with Crippen LogP contribution in [0.15, 0.2) is 18.2 Å². The van der Waals surface area contributed by atoms with Crippen LogP contribution in [0.3, 0.4) is 0 Å². The molecule has 5 nitrogen and oxygen atoms in total. The van der Waals surface area contributed by atoms with Gasteiger partial charge in [0.15, 0.2) is 0 Å². The van der Waals surface area contributed by atoms with E-state index >= 15 is 0 Å². The van der Waals surface area contributed by atoms with Gasteiger partial charge in [-0.15, -0.1) is 0 Å². The van der Waals surface area contributed by atoms with Crippen LogP contribution in [-0.4, -0.2) is 36.7 Å². The number of nitrogens with zero attached hydrogens (tertiary/aromatic N) is 2. The van der Waals surface area contributed by atoms with E-state index in [1.54, 1.807) is 24.0 Å². The molecule has 2 rings (SSSR count). The highest BCUT2D eigenvalue weighted by Gasteiger charge is 2.23. The summed E-state index contributed by atoms with van der Waals surface area (Å²) in [4.78, 5) is 13.2. The minimum Gasteiger partial charge on any atom is -0.450 e. The summed E-state index contributed by atoms with van der Waals surface area (Å²) in [6.45, 7) is 3.33. The highest BCUT2D eigenvalue weighted by Crippen LogP contribution is 2.20. The van der Waals surface area contributed by atoms with Crippen molar-refractivity contribution >= 4 is 11.8 Å².